The van der Waals surface area contributed by atoms with Crippen LogP contribution in [0.1, 0.15) is 28.8 Å². The lowest BCUT2D eigenvalue weighted by molar-refractivity contribution is -0.153. The molecule has 172 valence electrons. The first-order chi connectivity index (χ1) is 15.0. The Kier molecular flexibility index (Phi) is 7.50. The smallest absolute Gasteiger partial charge is 0.422 e. The van der Waals surface area contributed by atoms with Gasteiger partial charge in [-0.15, -0.1) is 23.1 Å². The maximum Gasteiger partial charge on any atom is 0.422 e. The SMILES string of the molecule is Cc1sc2nc(CSC(C)C(=O)NCc3ccc(OCC(F)(F)F)cc3)[nH]c(=O)c2c1C. The molecule has 6 nitrogen and oxygen atoms in total. The van der Waals surface area contributed by atoms with E-state index in [1.807, 2.05) is 13.8 Å². The lowest BCUT2D eigenvalue weighted by Gasteiger charge is -2.12. The van der Waals surface area contributed by atoms with Crippen LogP contribution in [0.2, 0.25) is 0 Å². The molecule has 0 aliphatic carbocycles. The van der Waals surface area contributed by atoms with Gasteiger partial charge in [-0.05, 0) is 44.0 Å². The summed E-state index contributed by atoms with van der Waals surface area (Å²) in [5, 5.41) is 3.01. The maximum atomic E-state index is 12.4. The fraction of sp³-hybridized carbons (Fsp3) is 0.381. The van der Waals surface area contributed by atoms with E-state index in [9.17, 15) is 22.8 Å². The van der Waals surface area contributed by atoms with Crippen molar-refractivity contribution in [1.29, 1.82) is 0 Å². The quantitative estimate of drug-likeness (QED) is 0.492. The number of fused-ring (bicyclic) bond motifs is 1. The van der Waals surface area contributed by atoms with Crippen LogP contribution in [-0.2, 0) is 17.1 Å². The number of hydrogen-bond acceptors (Lipinski definition) is 6. The molecule has 2 N–H and O–H groups in total. The highest BCUT2D eigenvalue weighted by Gasteiger charge is 2.28. The number of alkyl halides is 3. The molecule has 0 radical (unpaired) electrons. The van der Waals surface area contributed by atoms with E-state index in [0.29, 0.717) is 21.8 Å². The van der Waals surface area contributed by atoms with E-state index in [1.165, 1.54) is 35.2 Å². The van der Waals surface area contributed by atoms with Crippen molar-refractivity contribution in [2.24, 2.45) is 0 Å². The molecule has 11 heteroatoms. The normalized spacial score (nSPS) is 12.7. The Bertz CT molecular complexity index is 1160. The van der Waals surface area contributed by atoms with E-state index in [1.54, 1.807) is 19.1 Å². The number of ether oxygens (including phenoxy) is 1. The summed E-state index contributed by atoms with van der Waals surface area (Å²) in [6, 6.07) is 6.05. The third kappa shape index (κ3) is 6.26. The first-order valence-corrected chi connectivity index (χ1v) is 11.6. The fourth-order valence-electron chi connectivity index (χ4n) is 2.85. The number of carbonyl (C=O) groups is 1. The lowest BCUT2D eigenvalue weighted by atomic mass is 10.2. The Labute approximate surface area is 190 Å². The van der Waals surface area contributed by atoms with Crippen LogP contribution in [0.15, 0.2) is 29.1 Å². The number of hydrogen-bond donors (Lipinski definition) is 2. The second-order valence-corrected chi connectivity index (χ2v) is 9.73. The highest BCUT2D eigenvalue weighted by Crippen LogP contribution is 2.26. The number of nitrogens with one attached hydrogen (secondary N) is 2. The van der Waals surface area contributed by atoms with Gasteiger partial charge in [-0.3, -0.25) is 9.59 Å². The van der Waals surface area contributed by atoms with Crippen molar-refractivity contribution in [3.63, 3.8) is 0 Å². The average molecular weight is 486 g/mol. The third-order valence-electron chi connectivity index (χ3n) is 4.72. The largest absolute Gasteiger partial charge is 0.484 e. The highest BCUT2D eigenvalue weighted by molar-refractivity contribution is 7.99. The zero-order valence-electron chi connectivity index (χ0n) is 17.6. The number of aryl methyl sites for hydroxylation is 2. The highest BCUT2D eigenvalue weighted by atomic mass is 32.2. The van der Waals surface area contributed by atoms with Crippen molar-refractivity contribution in [3.05, 3.63) is 56.4 Å². The van der Waals surface area contributed by atoms with Crippen molar-refractivity contribution in [1.82, 2.24) is 15.3 Å². The predicted octanol–water partition coefficient (Wildman–Crippen LogP) is 4.48. The summed E-state index contributed by atoms with van der Waals surface area (Å²) >= 11 is 2.82. The Hall–Kier alpha value is -2.53. The summed E-state index contributed by atoms with van der Waals surface area (Å²) in [6.45, 7) is 4.49. The number of H-pyrrole nitrogens is 1. The number of halogens is 3. The van der Waals surface area contributed by atoms with Crippen LogP contribution in [0.4, 0.5) is 13.2 Å². The fourth-order valence-corrected chi connectivity index (χ4v) is 4.68. The van der Waals surface area contributed by atoms with Gasteiger partial charge in [0.1, 0.15) is 16.4 Å². The number of aromatic nitrogens is 2. The minimum atomic E-state index is -4.39. The number of amides is 1. The van der Waals surface area contributed by atoms with Crippen molar-refractivity contribution in [2.75, 3.05) is 6.61 Å². The van der Waals surface area contributed by atoms with Gasteiger partial charge in [-0.25, -0.2) is 4.98 Å². The molecule has 0 bridgehead atoms. The van der Waals surface area contributed by atoms with Crippen molar-refractivity contribution in [2.45, 2.75) is 44.5 Å². The van der Waals surface area contributed by atoms with Crippen molar-refractivity contribution in [3.8, 4) is 5.75 Å². The molecule has 1 unspecified atom stereocenters. The first kappa shape index (κ1) is 24.1. The Morgan fingerprint density at radius 2 is 1.97 bits per heavy atom. The van der Waals surface area contributed by atoms with Gasteiger partial charge in [0.25, 0.3) is 5.56 Å². The van der Waals surface area contributed by atoms with Crippen LogP contribution in [0, 0.1) is 13.8 Å². The van der Waals surface area contributed by atoms with Gasteiger partial charge in [-0.1, -0.05) is 12.1 Å². The summed E-state index contributed by atoms with van der Waals surface area (Å²) in [7, 11) is 0. The molecular weight excluding hydrogens is 463 g/mol. The number of rotatable bonds is 8. The standard InChI is InChI=1S/C21H22F3N3O3S2/c1-11-12(2)32-20-17(11)19(29)26-16(27-20)9-31-13(3)18(28)25-8-14-4-6-15(7-5-14)30-10-21(22,23)24/h4-7,13H,8-10H2,1-3H3,(H,25,28)(H,26,27,29). The Morgan fingerprint density at radius 3 is 2.62 bits per heavy atom. The van der Waals surface area contributed by atoms with Crippen LogP contribution in [0.3, 0.4) is 0 Å². The molecular formula is C21H22F3N3O3S2. The van der Waals surface area contributed by atoms with Crippen molar-refractivity contribution < 1.29 is 22.7 Å². The number of thioether (sulfide) groups is 1. The lowest BCUT2D eigenvalue weighted by Crippen LogP contribution is -2.30. The molecule has 3 rings (SSSR count). The monoisotopic (exact) mass is 485 g/mol. The number of carbonyl (C=O) groups excluding carboxylic acids is 1. The molecule has 0 spiro atoms. The average Bonchev–Trinajstić information content (AvgIpc) is 3.02. The summed E-state index contributed by atoms with van der Waals surface area (Å²) in [4.78, 5) is 33.8. The molecule has 1 atom stereocenters. The van der Waals surface area contributed by atoms with Crippen LogP contribution >= 0.6 is 23.1 Å². The van der Waals surface area contributed by atoms with Crippen LogP contribution < -0.4 is 15.6 Å². The molecule has 0 saturated heterocycles. The number of benzene rings is 1. The third-order valence-corrected chi connectivity index (χ3v) is 6.98. The number of thiophene rings is 1. The van der Waals surface area contributed by atoms with Crippen LogP contribution in [-0.4, -0.2) is 33.9 Å². The zero-order valence-corrected chi connectivity index (χ0v) is 19.3. The van der Waals surface area contributed by atoms with Gasteiger partial charge in [0.2, 0.25) is 5.91 Å². The molecule has 2 aromatic heterocycles. The molecule has 0 saturated carbocycles. The molecule has 32 heavy (non-hydrogen) atoms. The number of aromatic amines is 1. The van der Waals surface area contributed by atoms with E-state index in [0.717, 1.165) is 16.0 Å². The number of nitrogens with zero attached hydrogens (tertiary/aromatic N) is 1. The second-order valence-electron chi connectivity index (χ2n) is 7.19. The van der Waals surface area contributed by atoms with Gasteiger partial charge in [0, 0.05) is 11.4 Å². The topological polar surface area (TPSA) is 84.1 Å². The predicted molar refractivity (Wildman–Crippen MR) is 120 cm³/mol. The first-order valence-electron chi connectivity index (χ1n) is 9.70. The van der Waals surface area contributed by atoms with E-state index < -0.39 is 18.0 Å². The summed E-state index contributed by atoms with van der Waals surface area (Å²) in [6.07, 6.45) is -4.39. The van der Waals surface area contributed by atoms with Gasteiger partial charge in [-0.2, -0.15) is 13.2 Å². The van der Waals surface area contributed by atoms with Gasteiger partial charge in [0.15, 0.2) is 6.61 Å². The molecule has 0 aliphatic rings. The summed E-state index contributed by atoms with van der Waals surface area (Å²) in [5.74, 6) is 0.804. The Morgan fingerprint density at radius 1 is 1.28 bits per heavy atom. The maximum absolute atomic E-state index is 12.4. The van der Waals surface area contributed by atoms with E-state index in [2.05, 4.69) is 20.0 Å². The molecule has 0 fully saturated rings. The van der Waals surface area contributed by atoms with Crippen LogP contribution in [0.25, 0.3) is 10.2 Å². The molecule has 2 heterocycles. The summed E-state index contributed by atoms with van der Waals surface area (Å²) in [5.41, 5.74) is 1.49. The van der Waals surface area contributed by atoms with Crippen LogP contribution in [0.5, 0.6) is 5.75 Å². The Balaban J connectivity index is 1.50. The second kappa shape index (κ2) is 9.95. The van der Waals surface area contributed by atoms with Gasteiger partial charge in [0.05, 0.1) is 16.4 Å². The van der Waals surface area contributed by atoms with Gasteiger partial charge < -0.3 is 15.0 Å². The van der Waals surface area contributed by atoms with E-state index >= 15 is 0 Å². The molecule has 3 aromatic rings. The summed E-state index contributed by atoms with van der Waals surface area (Å²) < 4.78 is 41.2. The molecule has 0 aliphatic heterocycles. The molecule has 1 amide bonds. The van der Waals surface area contributed by atoms with E-state index in [4.69, 9.17) is 0 Å². The van der Waals surface area contributed by atoms with E-state index in [-0.39, 0.29) is 23.8 Å². The molecule has 1 aromatic carbocycles. The zero-order chi connectivity index (χ0) is 23.5. The van der Waals surface area contributed by atoms with Gasteiger partial charge >= 0.3 is 6.18 Å². The minimum absolute atomic E-state index is 0.107. The minimum Gasteiger partial charge on any atom is -0.484 e. The van der Waals surface area contributed by atoms with Crippen molar-refractivity contribution >= 4 is 39.2 Å².